The number of hydrogen-bond donors (Lipinski definition) is 7. The van der Waals surface area contributed by atoms with Crippen LogP contribution >= 0.6 is 11.6 Å². The number of amides is 2. The van der Waals surface area contributed by atoms with Gasteiger partial charge in [-0.05, 0) is 50.1 Å². The average Bonchev–Trinajstić information content (AvgIpc) is 2.83. The summed E-state index contributed by atoms with van der Waals surface area (Å²) in [5.41, 5.74) is 0.326. The van der Waals surface area contributed by atoms with Gasteiger partial charge in [0.1, 0.15) is 35.8 Å². The predicted molar refractivity (Wildman–Crippen MR) is 137 cm³/mol. The standard InChI is InChI=1S/C26H33ClN2O7/c1-14(2)15-6-5-7-16(10-15)25(3,4)29-24(34)28-17-8-9-18(27)19(11-17)36-20-12-26(35,13-30)23(33)22(32)21(20)31/h5-11,20-23,30-33,35H,1,12-13H2,2-4H3,(H2,28,29,34). The Bertz CT molecular complexity index is 1130. The van der Waals surface area contributed by atoms with E-state index in [1.165, 1.54) is 12.1 Å². The number of allylic oxidation sites excluding steroid dienone is 1. The third-order valence-electron chi connectivity index (χ3n) is 6.40. The third-order valence-corrected chi connectivity index (χ3v) is 6.72. The molecule has 0 aliphatic heterocycles. The predicted octanol–water partition coefficient (Wildman–Crippen LogP) is 2.39. The van der Waals surface area contributed by atoms with Gasteiger partial charge in [-0.25, -0.2) is 4.79 Å². The van der Waals surface area contributed by atoms with Crippen molar-refractivity contribution in [1.29, 1.82) is 0 Å². The molecule has 2 aromatic rings. The zero-order valence-electron chi connectivity index (χ0n) is 20.4. The smallest absolute Gasteiger partial charge is 0.319 e. The van der Waals surface area contributed by atoms with Crippen LogP contribution in [0.1, 0.15) is 38.3 Å². The molecule has 0 heterocycles. The molecule has 10 heteroatoms. The molecule has 1 aliphatic carbocycles. The Hall–Kier alpha value is -2.66. The number of rotatable bonds is 7. The highest BCUT2D eigenvalue weighted by atomic mass is 35.5. The molecular formula is C26H33ClN2O7. The first-order chi connectivity index (χ1) is 16.8. The molecule has 1 saturated carbocycles. The second-order valence-corrected chi connectivity index (χ2v) is 10.2. The number of nitrogens with one attached hydrogen (secondary N) is 2. The molecule has 2 amide bonds. The molecule has 0 bridgehead atoms. The van der Waals surface area contributed by atoms with Crippen molar-refractivity contribution in [1.82, 2.24) is 5.32 Å². The number of ether oxygens (including phenoxy) is 1. The van der Waals surface area contributed by atoms with Crippen LogP contribution in [0.2, 0.25) is 5.02 Å². The highest BCUT2D eigenvalue weighted by Crippen LogP contribution is 2.35. The molecule has 3 rings (SSSR count). The number of benzene rings is 2. The first kappa shape index (κ1) is 27.9. The fraction of sp³-hybridized carbons (Fsp3) is 0.423. The van der Waals surface area contributed by atoms with Crippen LogP contribution in [-0.2, 0) is 5.54 Å². The first-order valence-corrected chi connectivity index (χ1v) is 11.8. The summed E-state index contributed by atoms with van der Waals surface area (Å²) in [6.45, 7) is 8.75. The second kappa shape index (κ2) is 10.8. The summed E-state index contributed by atoms with van der Waals surface area (Å²) in [6.07, 6.45) is -6.63. The molecule has 1 aliphatic rings. The van der Waals surface area contributed by atoms with Crippen molar-refractivity contribution < 1.29 is 35.1 Å². The van der Waals surface area contributed by atoms with Crippen molar-refractivity contribution in [2.24, 2.45) is 0 Å². The van der Waals surface area contributed by atoms with E-state index in [-0.39, 0.29) is 17.2 Å². The van der Waals surface area contributed by atoms with E-state index in [1.54, 1.807) is 6.07 Å². The molecule has 5 unspecified atom stereocenters. The third kappa shape index (κ3) is 6.00. The van der Waals surface area contributed by atoms with E-state index in [0.29, 0.717) is 5.69 Å². The van der Waals surface area contributed by atoms with E-state index in [4.69, 9.17) is 16.3 Å². The number of anilines is 1. The van der Waals surface area contributed by atoms with Crippen molar-refractivity contribution in [3.8, 4) is 5.75 Å². The van der Waals surface area contributed by atoms with Crippen molar-refractivity contribution in [3.05, 3.63) is 65.2 Å². The summed E-state index contributed by atoms with van der Waals surface area (Å²) in [6, 6.07) is 11.7. The van der Waals surface area contributed by atoms with Crippen LogP contribution in [0.3, 0.4) is 0 Å². The maximum Gasteiger partial charge on any atom is 0.319 e. The van der Waals surface area contributed by atoms with Crippen molar-refractivity contribution in [3.63, 3.8) is 0 Å². The molecule has 9 nitrogen and oxygen atoms in total. The van der Waals surface area contributed by atoms with E-state index >= 15 is 0 Å². The van der Waals surface area contributed by atoms with Crippen LogP contribution in [-0.4, -0.2) is 68.2 Å². The molecule has 1 fully saturated rings. The minimum Gasteiger partial charge on any atom is -0.486 e. The molecule has 0 radical (unpaired) electrons. The SMILES string of the molecule is C=C(C)c1cccc(C(C)(C)NC(=O)Nc2ccc(Cl)c(OC3CC(O)(CO)C(O)C(O)C3O)c2)c1. The molecule has 36 heavy (non-hydrogen) atoms. The van der Waals surface area contributed by atoms with Crippen molar-refractivity contribution in [2.45, 2.75) is 62.7 Å². The van der Waals surface area contributed by atoms with Crippen molar-refractivity contribution >= 4 is 28.9 Å². The average molecular weight is 521 g/mol. The van der Waals surface area contributed by atoms with Gasteiger partial charge in [0.2, 0.25) is 0 Å². The van der Waals surface area contributed by atoms with Gasteiger partial charge < -0.3 is 40.9 Å². The van der Waals surface area contributed by atoms with Gasteiger partial charge in [0.05, 0.1) is 17.2 Å². The lowest BCUT2D eigenvalue weighted by molar-refractivity contribution is -0.224. The largest absolute Gasteiger partial charge is 0.486 e. The Morgan fingerprint density at radius 3 is 2.53 bits per heavy atom. The number of urea groups is 1. The van der Waals surface area contributed by atoms with Crippen LogP contribution in [0.25, 0.3) is 5.57 Å². The second-order valence-electron chi connectivity index (χ2n) is 9.76. The van der Waals surface area contributed by atoms with Crippen molar-refractivity contribution in [2.75, 3.05) is 11.9 Å². The van der Waals surface area contributed by atoms with E-state index in [9.17, 15) is 30.3 Å². The van der Waals surface area contributed by atoms with E-state index in [2.05, 4.69) is 17.2 Å². The Morgan fingerprint density at radius 2 is 1.89 bits per heavy atom. The summed E-state index contributed by atoms with van der Waals surface area (Å²) in [7, 11) is 0. The Labute approximate surface area is 215 Å². The van der Waals surface area contributed by atoms with Crippen LogP contribution < -0.4 is 15.4 Å². The van der Waals surface area contributed by atoms with Gasteiger partial charge in [-0.1, -0.05) is 42.0 Å². The summed E-state index contributed by atoms with van der Waals surface area (Å²) in [5, 5.41) is 56.1. The zero-order valence-corrected chi connectivity index (χ0v) is 21.2. The number of aliphatic hydroxyl groups is 5. The summed E-state index contributed by atoms with van der Waals surface area (Å²) in [5.74, 6) is 0.0656. The maximum atomic E-state index is 12.8. The first-order valence-electron chi connectivity index (χ1n) is 11.5. The Morgan fingerprint density at radius 1 is 1.19 bits per heavy atom. The molecule has 7 N–H and O–H groups in total. The minimum atomic E-state index is -2.07. The molecule has 2 aromatic carbocycles. The van der Waals surface area contributed by atoms with Gasteiger partial charge in [-0.2, -0.15) is 0 Å². The molecule has 196 valence electrons. The molecule has 0 saturated heterocycles. The van der Waals surface area contributed by atoms with Gasteiger partial charge in [0.25, 0.3) is 0 Å². The van der Waals surface area contributed by atoms with E-state index < -0.39 is 48.2 Å². The molecule has 5 atom stereocenters. The van der Waals surface area contributed by atoms with E-state index in [1.807, 2.05) is 45.0 Å². The van der Waals surface area contributed by atoms with Gasteiger partial charge in [0, 0.05) is 18.2 Å². The van der Waals surface area contributed by atoms with Gasteiger partial charge in [0.15, 0.2) is 0 Å². The number of carbonyl (C=O) groups excluding carboxylic acids is 1. The Balaban J connectivity index is 1.73. The molecule has 0 aromatic heterocycles. The normalized spacial score (nSPS) is 26.2. The van der Waals surface area contributed by atoms with Crippen LogP contribution in [0.15, 0.2) is 49.0 Å². The summed E-state index contributed by atoms with van der Waals surface area (Å²) < 4.78 is 5.74. The summed E-state index contributed by atoms with van der Waals surface area (Å²) in [4.78, 5) is 12.8. The number of aliphatic hydroxyl groups excluding tert-OH is 4. The quantitative estimate of drug-likeness (QED) is 0.296. The zero-order chi connectivity index (χ0) is 26.8. The van der Waals surface area contributed by atoms with E-state index in [0.717, 1.165) is 16.7 Å². The van der Waals surface area contributed by atoms with Gasteiger partial charge in [-0.15, -0.1) is 0 Å². The monoisotopic (exact) mass is 520 g/mol. The Kier molecular flexibility index (Phi) is 8.34. The fourth-order valence-electron chi connectivity index (χ4n) is 4.11. The number of carbonyl (C=O) groups is 1. The topological polar surface area (TPSA) is 152 Å². The number of halogens is 1. The lowest BCUT2D eigenvalue weighted by Crippen LogP contribution is -2.65. The number of hydrogen-bond acceptors (Lipinski definition) is 7. The van der Waals surface area contributed by atoms with Gasteiger partial charge >= 0.3 is 6.03 Å². The van der Waals surface area contributed by atoms with Gasteiger partial charge in [-0.3, -0.25) is 0 Å². The van der Waals surface area contributed by atoms with Crippen LogP contribution in [0.4, 0.5) is 10.5 Å². The fourth-order valence-corrected chi connectivity index (χ4v) is 4.27. The lowest BCUT2D eigenvalue weighted by atomic mass is 9.77. The minimum absolute atomic E-state index is 0.0656. The van der Waals surface area contributed by atoms with Crippen LogP contribution in [0.5, 0.6) is 5.75 Å². The highest BCUT2D eigenvalue weighted by Gasteiger charge is 2.52. The highest BCUT2D eigenvalue weighted by molar-refractivity contribution is 6.32. The molecular weight excluding hydrogens is 488 g/mol. The summed E-state index contributed by atoms with van der Waals surface area (Å²) >= 11 is 6.23. The molecule has 0 spiro atoms. The lowest BCUT2D eigenvalue weighted by Gasteiger charge is -2.44. The maximum absolute atomic E-state index is 12.8. The van der Waals surface area contributed by atoms with Crippen LogP contribution in [0, 0.1) is 0 Å².